The van der Waals surface area contributed by atoms with Crippen LogP contribution in [0.3, 0.4) is 0 Å². The summed E-state index contributed by atoms with van der Waals surface area (Å²) in [6.07, 6.45) is 3.60. The quantitative estimate of drug-likeness (QED) is 0.865. The molecule has 0 saturated carbocycles. The van der Waals surface area contributed by atoms with Crippen LogP contribution in [0.15, 0.2) is 6.20 Å². The predicted molar refractivity (Wildman–Crippen MR) is 79.9 cm³/mol. The third-order valence-electron chi connectivity index (χ3n) is 3.69. The summed E-state index contributed by atoms with van der Waals surface area (Å²) in [5.74, 6) is 1.93. The number of amides is 1. The number of hydrogen-bond donors (Lipinski definition) is 2. The molecule has 2 rings (SSSR count). The molecule has 0 aliphatic carbocycles. The van der Waals surface area contributed by atoms with Crippen LogP contribution in [-0.4, -0.2) is 42.6 Å². The van der Waals surface area contributed by atoms with Crippen molar-refractivity contribution in [2.75, 3.05) is 36.9 Å². The number of aryl methyl sites for hydroxylation is 1. The van der Waals surface area contributed by atoms with Gasteiger partial charge in [0.25, 0.3) is 0 Å². The first-order valence-corrected chi connectivity index (χ1v) is 7.19. The standard InChI is InChI=1S/C14H23N5O/c1-4-16-14-17-9-10(2)12(18-14)19-7-5-11(6-8-19)13(20)15-3/h9,11H,4-8H2,1-3H3,(H,15,20)(H,16,17,18). The molecule has 20 heavy (non-hydrogen) atoms. The minimum absolute atomic E-state index is 0.131. The van der Waals surface area contributed by atoms with Gasteiger partial charge in [-0.2, -0.15) is 4.98 Å². The van der Waals surface area contributed by atoms with Crippen molar-refractivity contribution in [1.29, 1.82) is 0 Å². The van der Waals surface area contributed by atoms with Gasteiger partial charge in [0.1, 0.15) is 5.82 Å². The predicted octanol–water partition coefficient (Wildman–Crippen LogP) is 1.18. The number of nitrogens with one attached hydrogen (secondary N) is 2. The van der Waals surface area contributed by atoms with E-state index in [4.69, 9.17) is 0 Å². The zero-order valence-corrected chi connectivity index (χ0v) is 12.4. The molecule has 0 atom stereocenters. The fourth-order valence-corrected chi connectivity index (χ4v) is 2.55. The van der Waals surface area contributed by atoms with E-state index in [2.05, 4.69) is 25.5 Å². The fraction of sp³-hybridized carbons (Fsp3) is 0.643. The van der Waals surface area contributed by atoms with Gasteiger partial charge < -0.3 is 15.5 Å². The average molecular weight is 277 g/mol. The van der Waals surface area contributed by atoms with Gasteiger partial charge in [-0.15, -0.1) is 0 Å². The molecular formula is C14H23N5O. The number of aromatic nitrogens is 2. The normalized spacial score (nSPS) is 16.1. The lowest BCUT2D eigenvalue weighted by atomic mass is 9.96. The third kappa shape index (κ3) is 3.18. The fourth-order valence-electron chi connectivity index (χ4n) is 2.55. The molecule has 2 N–H and O–H groups in total. The first kappa shape index (κ1) is 14.6. The third-order valence-corrected chi connectivity index (χ3v) is 3.69. The maximum Gasteiger partial charge on any atom is 0.224 e. The second-order valence-corrected chi connectivity index (χ2v) is 5.11. The van der Waals surface area contributed by atoms with E-state index in [9.17, 15) is 4.79 Å². The largest absolute Gasteiger partial charge is 0.359 e. The zero-order chi connectivity index (χ0) is 14.5. The van der Waals surface area contributed by atoms with Gasteiger partial charge in [-0.25, -0.2) is 4.98 Å². The molecular weight excluding hydrogens is 254 g/mol. The lowest BCUT2D eigenvalue weighted by Crippen LogP contribution is -2.40. The van der Waals surface area contributed by atoms with Crippen molar-refractivity contribution >= 4 is 17.7 Å². The van der Waals surface area contributed by atoms with E-state index in [1.807, 2.05) is 20.0 Å². The van der Waals surface area contributed by atoms with Crippen LogP contribution in [0.1, 0.15) is 25.3 Å². The van der Waals surface area contributed by atoms with Crippen molar-refractivity contribution in [1.82, 2.24) is 15.3 Å². The number of carbonyl (C=O) groups is 1. The summed E-state index contributed by atoms with van der Waals surface area (Å²) >= 11 is 0. The number of piperidine rings is 1. The SMILES string of the molecule is CCNc1ncc(C)c(N2CCC(C(=O)NC)CC2)n1. The number of rotatable bonds is 4. The first-order chi connectivity index (χ1) is 9.65. The lowest BCUT2D eigenvalue weighted by Gasteiger charge is -2.32. The monoisotopic (exact) mass is 277 g/mol. The summed E-state index contributed by atoms with van der Waals surface area (Å²) in [6, 6.07) is 0. The van der Waals surface area contributed by atoms with Crippen LogP contribution in [0.2, 0.25) is 0 Å². The molecule has 0 spiro atoms. The Morgan fingerprint density at radius 2 is 2.15 bits per heavy atom. The van der Waals surface area contributed by atoms with Gasteiger partial charge in [0.05, 0.1) is 0 Å². The molecule has 1 fully saturated rings. The van der Waals surface area contributed by atoms with Gasteiger partial charge in [-0.1, -0.05) is 0 Å². The topological polar surface area (TPSA) is 70.2 Å². The van der Waals surface area contributed by atoms with Gasteiger partial charge >= 0.3 is 0 Å². The first-order valence-electron chi connectivity index (χ1n) is 7.19. The van der Waals surface area contributed by atoms with Crippen molar-refractivity contribution in [2.24, 2.45) is 5.92 Å². The van der Waals surface area contributed by atoms with E-state index >= 15 is 0 Å². The van der Waals surface area contributed by atoms with E-state index in [1.54, 1.807) is 7.05 Å². The zero-order valence-electron chi connectivity index (χ0n) is 12.4. The van der Waals surface area contributed by atoms with Gasteiger partial charge in [-0.3, -0.25) is 4.79 Å². The molecule has 6 heteroatoms. The molecule has 110 valence electrons. The van der Waals surface area contributed by atoms with Crippen molar-refractivity contribution in [3.8, 4) is 0 Å². The Kier molecular flexibility index (Phi) is 4.76. The van der Waals surface area contributed by atoms with Crippen LogP contribution >= 0.6 is 0 Å². The minimum atomic E-state index is 0.131. The van der Waals surface area contributed by atoms with E-state index in [-0.39, 0.29) is 11.8 Å². The Morgan fingerprint density at radius 3 is 2.75 bits per heavy atom. The molecule has 0 aromatic carbocycles. The number of nitrogens with zero attached hydrogens (tertiary/aromatic N) is 3. The molecule has 1 aromatic rings. The summed E-state index contributed by atoms with van der Waals surface area (Å²) < 4.78 is 0. The summed E-state index contributed by atoms with van der Waals surface area (Å²) in [6.45, 7) is 6.58. The molecule has 1 amide bonds. The lowest BCUT2D eigenvalue weighted by molar-refractivity contribution is -0.125. The smallest absolute Gasteiger partial charge is 0.224 e. The summed E-state index contributed by atoms with van der Waals surface area (Å²) in [5, 5.41) is 5.87. The van der Waals surface area contributed by atoms with Crippen LogP contribution in [0.4, 0.5) is 11.8 Å². The number of carbonyl (C=O) groups excluding carboxylic acids is 1. The second-order valence-electron chi connectivity index (χ2n) is 5.11. The maximum atomic E-state index is 11.7. The maximum absolute atomic E-state index is 11.7. The van der Waals surface area contributed by atoms with Gasteiger partial charge in [0.15, 0.2) is 0 Å². The summed E-state index contributed by atoms with van der Waals surface area (Å²) in [7, 11) is 1.70. The van der Waals surface area contributed by atoms with Crippen LogP contribution < -0.4 is 15.5 Å². The van der Waals surface area contributed by atoms with Crippen molar-refractivity contribution in [2.45, 2.75) is 26.7 Å². The molecule has 0 unspecified atom stereocenters. The van der Waals surface area contributed by atoms with Crippen LogP contribution in [0.5, 0.6) is 0 Å². The van der Waals surface area contributed by atoms with Crippen molar-refractivity contribution in [3.05, 3.63) is 11.8 Å². The van der Waals surface area contributed by atoms with Crippen LogP contribution in [0.25, 0.3) is 0 Å². The second kappa shape index (κ2) is 6.54. The van der Waals surface area contributed by atoms with Crippen LogP contribution in [-0.2, 0) is 4.79 Å². The molecule has 0 bridgehead atoms. The Morgan fingerprint density at radius 1 is 1.45 bits per heavy atom. The Hall–Kier alpha value is -1.85. The Bertz CT molecular complexity index is 469. The van der Waals surface area contributed by atoms with Crippen molar-refractivity contribution in [3.63, 3.8) is 0 Å². The summed E-state index contributed by atoms with van der Waals surface area (Å²) in [4.78, 5) is 22.7. The molecule has 6 nitrogen and oxygen atoms in total. The van der Waals surface area contributed by atoms with Crippen molar-refractivity contribution < 1.29 is 4.79 Å². The van der Waals surface area contributed by atoms with E-state index in [0.717, 1.165) is 43.9 Å². The minimum Gasteiger partial charge on any atom is -0.359 e. The number of anilines is 2. The molecule has 1 aliphatic rings. The average Bonchev–Trinajstić information content (AvgIpc) is 2.49. The molecule has 1 saturated heterocycles. The van der Waals surface area contributed by atoms with Gasteiger partial charge in [-0.05, 0) is 26.7 Å². The highest BCUT2D eigenvalue weighted by Crippen LogP contribution is 2.24. The molecule has 2 heterocycles. The molecule has 0 radical (unpaired) electrons. The Balaban J connectivity index is 2.06. The van der Waals surface area contributed by atoms with E-state index in [0.29, 0.717) is 5.95 Å². The van der Waals surface area contributed by atoms with E-state index < -0.39 is 0 Å². The van der Waals surface area contributed by atoms with Crippen LogP contribution in [0, 0.1) is 12.8 Å². The number of hydrogen-bond acceptors (Lipinski definition) is 5. The van der Waals surface area contributed by atoms with Gasteiger partial charge in [0.2, 0.25) is 11.9 Å². The highest BCUT2D eigenvalue weighted by atomic mass is 16.1. The highest BCUT2D eigenvalue weighted by molar-refractivity contribution is 5.78. The van der Waals surface area contributed by atoms with E-state index in [1.165, 1.54) is 0 Å². The molecule has 1 aromatic heterocycles. The van der Waals surface area contributed by atoms with Gasteiger partial charge in [0, 0.05) is 44.4 Å². The highest BCUT2D eigenvalue weighted by Gasteiger charge is 2.25. The summed E-state index contributed by atoms with van der Waals surface area (Å²) in [5.41, 5.74) is 1.07. The Labute approximate surface area is 120 Å². The molecule has 1 aliphatic heterocycles.